The number of aliphatic hydroxyl groups excluding tert-OH is 1. The van der Waals surface area contributed by atoms with Gasteiger partial charge in [0.15, 0.2) is 0 Å². The SMILES string of the molecule is Cc1cc(C(F)(F)F)ccc1C(O)c1ccc(F)cc1I. The summed E-state index contributed by atoms with van der Waals surface area (Å²) in [6, 6.07) is 7.08. The molecule has 0 aliphatic carbocycles. The highest BCUT2D eigenvalue weighted by Crippen LogP contribution is 2.34. The van der Waals surface area contributed by atoms with Crippen molar-refractivity contribution in [1.29, 1.82) is 0 Å². The summed E-state index contributed by atoms with van der Waals surface area (Å²) in [5.41, 5.74) is 0.398. The average Bonchev–Trinajstić information content (AvgIpc) is 2.36. The first-order valence-corrected chi connectivity index (χ1v) is 7.09. The predicted molar refractivity (Wildman–Crippen MR) is 79.4 cm³/mol. The van der Waals surface area contributed by atoms with E-state index in [2.05, 4.69) is 0 Å². The molecule has 1 atom stereocenters. The maximum Gasteiger partial charge on any atom is 0.416 e. The van der Waals surface area contributed by atoms with E-state index in [9.17, 15) is 22.7 Å². The first kappa shape index (κ1) is 16.2. The maximum atomic E-state index is 13.1. The molecule has 0 bridgehead atoms. The van der Waals surface area contributed by atoms with Crippen molar-refractivity contribution in [2.24, 2.45) is 0 Å². The van der Waals surface area contributed by atoms with Crippen molar-refractivity contribution in [2.75, 3.05) is 0 Å². The van der Waals surface area contributed by atoms with Crippen molar-refractivity contribution in [3.8, 4) is 0 Å². The molecule has 0 spiro atoms. The zero-order valence-corrected chi connectivity index (χ0v) is 13.0. The fourth-order valence-electron chi connectivity index (χ4n) is 2.05. The standard InChI is InChI=1S/C15H11F4IO/c1-8-6-9(15(17,18)19)2-4-11(8)14(21)12-5-3-10(16)7-13(12)20/h2-7,14,21H,1H3. The summed E-state index contributed by atoms with van der Waals surface area (Å²) in [6.45, 7) is 1.50. The van der Waals surface area contributed by atoms with Gasteiger partial charge in [0.25, 0.3) is 0 Å². The van der Waals surface area contributed by atoms with E-state index < -0.39 is 23.7 Å². The summed E-state index contributed by atoms with van der Waals surface area (Å²) in [7, 11) is 0. The topological polar surface area (TPSA) is 20.2 Å². The largest absolute Gasteiger partial charge is 0.416 e. The molecular weight excluding hydrogens is 399 g/mol. The zero-order chi connectivity index (χ0) is 15.8. The first-order valence-electron chi connectivity index (χ1n) is 6.01. The van der Waals surface area contributed by atoms with Gasteiger partial charge in [0.05, 0.1) is 5.56 Å². The van der Waals surface area contributed by atoms with E-state index in [1.54, 1.807) is 0 Å². The molecule has 0 saturated heterocycles. The molecule has 0 aliphatic heterocycles. The highest BCUT2D eigenvalue weighted by Gasteiger charge is 2.31. The van der Waals surface area contributed by atoms with Gasteiger partial charge >= 0.3 is 6.18 Å². The summed E-state index contributed by atoms with van der Waals surface area (Å²) < 4.78 is 51.5. The van der Waals surface area contributed by atoms with Gasteiger partial charge in [-0.05, 0) is 70.5 Å². The van der Waals surface area contributed by atoms with Gasteiger partial charge in [-0.25, -0.2) is 4.39 Å². The normalized spacial score (nSPS) is 13.3. The van der Waals surface area contributed by atoms with Crippen molar-refractivity contribution in [2.45, 2.75) is 19.2 Å². The number of benzene rings is 2. The Balaban J connectivity index is 2.42. The van der Waals surface area contributed by atoms with Crippen LogP contribution in [0.4, 0.5) is 17.6 Å². The maximum absolute atomic E-state index is 13.1. The van der Waals surface area contributed by atoms with Crippen molar-refractivity contribution >= 4 is 22.6 Å². The van der Waals surface area contributed by atoms with Crippen LogP contribution in [0.5, 0.6) is 0 Å². The lowest BCUT2D eigenvalue weighted by atomic mass is 9.96. The van der Waals surface area contributed by atoms with Crippen LogP contribution in [0.2, 0.25) is 0 Å². The summed E-state index contributed by atoms with van der Waals surface area (Å²) >= 11 is 1.88. The van der Waals surface area contributed by atoms with Crippen LogP contribution in [0, 0.1) is 16.3 Å². The molecule has 2 aromatic carbocycles. The third-order valence-electron chi connectivity index (χ3n) is 3.15. The minimum atomic E-state index is -4.42. The third-order valence-corrected chi connectivity index (χ3v) is 4.08. The highest BCUT2D eigenvalue weighted by atomic mass is 127. The van der Waals surface area contributed by atoms with Gasteiger partial charge in [-0.1, -0.05) is 12.1 Å². The third kappa shape index (κ3) is 3.55. The van der Waals surface area contributed by atoms with Crippen LogP contribution in [0.1, 0.15) is 28.4 Å². The van der Waals surface area contributed by atoms with E-state index in [1.165, 1.54) is 31.2 Å². The van der Waals surface area contributed by atoms with Gasteiger partial charge in [0, 0.05) is 3.57 Å². The van der Waals surface area contributed by atoms with E-state index in [1.807, 2.05) is 22.6 Å². The van der Waals surface area contributed by atoms with Gasteiger partial charge in [-0.15, -0.1) is 0 Å². The minimum Gasteiger partial charge on any atom is -0.384 e. The van der Waals surface area contributed by atoms with Crippen LogP contribution in [0.3, 0.4) is 0 Å². The van der Waals surface area contributed by atoms with E-state index in [0.29, 0.717) is 20.3 Å². The molecule has 1 N–H and O–H groups in total. The predicted octanol–water partition coefficient (Wildman–Crippen LogP) is 4.84. The second-order valence-electron chi connectivity index (χ2n) is 4.64. The van der Waals surface area contributed by atoms with Crippen LogP contribution in [0.25, 0.3) is 0 Å². The molecule has 2 rings (SSSR count). The van der Waals surface area contributed by atoms with Gasteiger partial charge in [0.2, 0.25) is 0 Å². The summed E-state index contributed by atoms with van der Waals surface area (Å²) in [6.07, 6.45) is -5.52. The van der Waals surface area contributed by atoms with Gasteiger partial charge in [-0.3, -0.25) is 0 Å². The minimum absolute atomic E-state index is 0.331. The lowest BCUT2D eigenvalue weighted by Gasteiger charge is -2.17. The molecule has 0 heterocycles. The van der Waals surface area contributed by atoms with Crippen LogP contribution < -0.4 is 0 Å². The Kier molecular flexibility index (Phi) is 4.57. The number of hydrogen-bond acceptors (Lipinski definition) is 1. The van der Waals surface area contributed by atoms with E-state index in [4.69, 9.17) is 0 Å². The van der Waals surface area contributed by atoms with E-state index >= 15 is 0 Å². The van der Waals surface area contributed by atoms with Gasteiger partial charge in [0.1, 0.15) is 11.9 Å². The number of hydrogen-bond donors (Lipinski definition) is 1. The molecule has 21 heavy (non-hydrogen) atoms. The van der Waals surface area contributed by atoms with Crippen LogP contribution in [-0.4, -0.2) is 5.11 Å². The molecule has 2 aromatic rings. The molecule has 0 radical (unpaired) electrons. The van der Waals surface area contributed by atoms with Crippen LogP contribution in [-0.2, 0) is 6.18 Å². The van der Waals surface area contributed by atoms with Crippen molar-refractivity contribution in [3.63, 3.8) is 0 Å². The monoisotopic (exact) mass is 410 g/mol. The molecule has 1 nitrogen and oxygen atoms in total. The molecule has 0 aliphatic rings. The number of halogens is 5. The average molecular weight is 410 g/mol. The van der Waals surface area contributed by atoms with Crippen LogP contribution in [0.15, 0.2) is 36.4 Å². The lowest BCUT2D eigenvalue weighted by Crippen LogP contribution is -2.09. The molecule has 0 fully saturated rings. The highest BCUT2D eigenvalue weighted by molar-refractivity contribution is 14.1. The lowest BCUT2D eigenvalue weighted by molar-refractivity contribution is -0.137. The van der Waals surface area contributed by atoms with Gasteiger partial charge in [-0.2, -0.15) is 13.2 Å². The Hall–Kier alpha value is -1.15. The molecule has 1 unspecified atom stereocenters. The fourth-order valence-corrected chi connectivity index (χ4v) is 2.82. The van der Waals surface area contributed by atoms with Crippen molar-refractivity contribution in [1.82, 2.24) is 0 Å². The summed E-state index contributed by atoms with van der Waals surface area (Å²) in [5.74, 6) is -0.431. The molecule has 0 saturated carbocycles. The molecular formula is C15H11F4IO. The number of aryl methyl sites for hydroxylation is 1. The zero-order valence-electron chi connectivity index (χ0n) is 10.9. The Morgan fingerprint density at radius 2 is 1.67 bits per heavy atom. The first-order chi connectivity index (χ1) is 9.70. The second-order valence-corrected chi connectivity index (χ2v) is 5.80. The number of alkyl halides is 3. The molecule has 0 aromatic heterocycles. The summed E-state index contributed by atoms with van der Waals surface area (Å²) in [5, 5.41) is 10.3. The quantitative estimate of drug-likeness (QED) is 0.555. The Labute approximate surface area is 132 Å². The number of aliphatic hydroxyl groups is 1. The van der Waals surface area contributed by atoms with Crippen LogP contribution >= 0.6 is 22.6 Å². The van der Waals surface area contributed by atoms with Gasteiger partial charge < -0.3 is 5.11 Å². The Morgan fingerprint density at radius 1 is 1.05 bits per heavy atom. The second kappa shape index (κ2) is 5.92. The van der Waals surface area contributed by atoms with Crippen molar-refractivity contribution < 1.29 is 22.7 Å². The van der Waals surface area contributed by atoms with E-state index in [-0.39, 0.29) is 0 Å². The number of rotatable bonds is 2. The Bertz CT molecular complexity index is 667. The molecule has 112 valence electrons. The smallest absolute Gasteiger partial charge is 0.384 e. The Morgan fingerprint density at radius 3 is 2.19 bits per heavy atom. The van der Waals surface area contributed by atoms with Crippen molar-refractivity contribution in [3.05, 3.63) is 68.0 Å². The fraction of sp³-hybridized carbons (Fsp3) is 0.200. The molecule has 0 amide bonds. The van der Waals surface area contributed by atoms with E-state index in [0.717, 1.165) is 12.1 Å². The summed E-state index contributed by atoms with van der Waals surface area (Å²) in [4.78, 5) is 0. The molecule has 6 heteroatoms.